The Morgan fingerprint density at radius 2 is 1.81 bits per heavy atom. The minimum atomic E-state index is -3.53. The molecule has 144 valence electrons. The van der Waals surface area contributed by atoms with Gasteiger partial charge in [0.1, 0.15) is 0 Å². The molecule has 1 heterocycles. The van der Waals surface area contributed by atoms with E-state index in [1.54, 1.807) is 6.07 Å². The van der Waals surface area contributed by atoms with Crippen molar-refractivity contribution in [1.82, 2.24) is 4.31 Å². The topological polar surface area (TPSA) is 66.5 Å². The maximum atomic E-state index is 12.9. The highest BCUT2D eigenvalue weighted by atomic mass is 79.9. The van der Waals surface area contributed by atoms with Gasteiger partial charge < -0.3 is 5.32 Å². The number of carbonyl (C=O) groups is 1. The molecule has 1 saturated heterocycles. The summed E-state index contributed by atoms with van der Waals surface area (Å²) < 4.78 is 28.3. The molecular weight excluding hydrogens is 428 g/mol. The Balaban J connectivity index is 1.65. The lowest BCUT2D eigenvalue weighted by Crippen LogP contribution is -2.41. The highest BCUT2D eigenvalue weighted by Crippen LogP contribution is 2.27. The highest BCUT2D eigenvalue weighted by molar-refractivity contribution is 9.10. The first-order valence-electron chi connectivity index (χ1n) is 8.91. The van der Waals surface area contributed by atoms with Crippen LogP contribution in [0.3, 0.4) is 0 Å². The van der Waals surface area contributed by atoms with Gasteiger partial charge in [0.25, 0.3) is 0 Å². The molecule has 3 rings (SSSR count). The summed E-state index contributed by atoms with van der Waals surface area (Å²) in [6, 6.07) is 12.8. The van der Waals surface area contributed by atoms with E-state index in [9.17, 15) is 13.2 Å². The van der Waals surface area contributed by atoms with Crippen LogP contribution in [0.15, 0.2) is 51.8 Å². The minimum Gasteiger partial charge on any atom is -0.326 e. The van der Waals surface area contributed by atoms with E-state index in [-0.39, 0.29) is 11.8 Å². The first kappa shape index (κ1) is 20.0. The van der Waals surface area contributed by atoms with Gasteiger partial charge in [-0.25, -0.2) is 8.42 Å². The van der Waals surface area contributed by atoms with Crippen LogP contribution in [-0.4, -0.2) is 31.7 Å². The van der Waals surface area contributed by atoms with Crippen molar-refractivity contribution in [3.63, 3.8) is 0 Å². The van der Waals surface area contributed by atoms with Crippen molar-refractivity contribution in [2.45, 2.75) is 31.6 Å². The monoisotopic (exact) mass is 450 g/mol. The fourth-order valence-electron chi connectivity index (χ4n) is 3.40. The number of sulfonamides is 1. The van der Waals surface area contributed by atoms with E-state index < -0.39 is 10.0 Å². The van der Waals surface area contributed by atoms with Crippen molar-refractivity contribution in [1.29, 1.82) is 0 Å². The molecule has 1 amide bonds. The third kappa shape index (κ3) is 4.59. The molecule has 0 radical (unpaired) electrons. The van der Waals surface area contributed by atoms with E-state index in [1.165, 1.54) is 4.31 Å². The lowest BCUT2D eigenvalue weighted by Gasteiger charge is -2.31. The molecule has 0 bridgehead atoms. The molecule has 0 atom stereocenters. The third-order valence-corrected chi connectivity index (χ3v) is 7.42. The molecule has 1 aliphatic rings. The van der Waals surface area contributed by atoms with Crippen LogP contribution in [0.1, 0.15) is 24.0 Å². The average Bonchev–Trinajstić information content (AvgIpc) is 2.61. The standard InChI is InChI=1S/C20H23BrN2O3S/c1-14-6-7-19(15(2)12-14)27(25,26)23-10-8-16(9-11-23)20(24)22-18-5-3-4-17(21)13-18/h3-7,12-13,16H,8-11H2,1-2H3,(H,22,24). The molecule has 1 N–H and O–H groups in total. The summed E-state index contributed by atoms with van der Waals surface area (Å²) in [7, 11) is -3.53. The van der Waals surface area contributed by atoms with E-state index in [0.717, 1.165) is 21.3 Å². The van der Waals surface area contributed by atoms with Crippen LogP contribution in [0.2, 0.25) is 0 Å². The largest absolute Gasteiger partial charge is 0.326 e. The Morgan fingerprint density at radius 3 is 2.44 bits per heavy atom. The van der Waals surface area contributed by atoms with Crippen molar-refractivity contribution >= 4 is 37.5 Å². The van der Waals surface area contributed by atoms with Gasteiger partial charge >= 0.3 is 0 Å². The van der Waals surface area contributed by atoms with Gasteiger partial charge in [0.2, 0.25) is 15.9 Å². The first-order chi connectivity index (χ1) is 12.8. The van der Waals surface area contributed by atoms with Gasteiger partial charge in [-0.15, -0.1) is 0 Å². The number of benzene rings is 2. The Hall–Kier alpha value is -1.70. The van der Waals surface area contributed by atoms with Gasteiger partial charge in [0.05, 0.1) is 4.90 Å². The SMILES string of the molecule is Cc1ccc(S(=O)(=O)N2CCC(C(=O)Nc3cccc(Br)c3)CC2)c(C)c1. The number of amides is 1. The summed E-state index contributed by atoms with van der Waals surface area (Å²) in [5.41, 5.74) is 2.53. The van der Waals surface area contributed by atoms with E-state index in [2.05, 4.69) is 21.2 Å². The smallest absolute Gasteiger partial charge is 0.243 e. The maximum Gasteiger partial charge on any atom is 0.243 e. The predicted octanol–water partition coefficient (Wildman–Crippen LogP) is 4.11. The summed E-state index contributed by atoms with van der Waals surface area (Å²) >= 11 is 3.39. The van der Waals surface area contributed by atoms with Gasteiger partial charge in [-0.3, -0.25) is 4.79 Å². The molecule has 1 aliphatic heterocycles. The molecule has 0 spiro atoms. The lowest BCUT2D eigenvalue weighted by molar-refractivity contribution is -0.120. The molecule has 2 aromatic rings. The number of piperidine rings is 1. The summed E-state index contributed by atoms with van der Waals surface area (Å²) in [6.07, 6.45) is 1.04. The Morgan fingerprint density at radius 1 is 1.11 bits per heavy atom. The zero-order valence-electron chi connectivity index (χ0n) is 15.4. The summed E-state index contributed by atoms with van der Waals surface area (Å²) in [5.74, 6) is -0.244. The Kier molecular flexibility index (Phi) is 6.03. The highest BCUT2D eigenvalue weighted by Gasteiger charge is 2.32. The van der Waals surface area contributed by atoms with E-state index in [0.29, 0.717) is 30.8 Å². The molecule has 0 saturated carbocycles. The molecular formula is C20H23BrN2O3S. The second-order valence-corrected chi connectivity index (χ2v) is 9.77. The van der Waals surface area contributed by atoms with Gasteiger partial charge in [-0.2, -0.15) is 4.31 Å². The molecule has 1 fully saturated rings. The maximum absolute atomic E-state index is 12.9. The zero-order chi connectivity index (χ0) is 19.6. The van der Waals surface area contributed by atoms with Crippen LogP contribution in [-0.2, 0) is 14.8 Å². The predicted molar refractivity (Wildman–Crippen MR) is 110 cm³/mol. The number of halogens is 1. The zero-order valence-corrected chi connectivity index (χ0v) is 17.8. The second kappa shape index (κ2) is 8.12. The number of anilines is 1. The molecule has 0 aromatic heterocycles. The average molecular weight is 451 g/mol. The van der Waals surface area contributed by atoms with Gasteiger partial charge in [-0.1, -0.05) is 39.7 Å². The number of hydrogen-bond donors (Lipinski definition) is 1. The van der Waals surface area contributed by atoms with Crippen molar-refractivity contribution in [2.75, 3.05) is 18.4 Å². The van der Waals surface area contributed by atoms with Crippen molar-refractivity contribution in [3.05, 3.63) is 58.1 Å². The van der Waals surface area contributed by atoms with Crippen LogP contribution in [0, 0.1) is 19.8 Å². The van der Waals surface area contributed by atoms with Crippen LogP contribution >= 0.6 is 15.9 Å². The van der Waals surface area contributed by atoms with Gasteiger partial charge in [0, 0.05) is 29.2 Å². The minimum absolute atomic E-state index is 0.0586. The molecule has 0 unspecified atom stereocenters. The number of nitrogens with one attached hydrogen (secondary N) is 1. The molecule has 27 heavy (non-hydrogen) atoms. The fraction of sp³-hybridized carbons (Fsp3) is 0.350. The first-order valence-corrected chi connectivity index (χ1v) is 11.1. The number of aryl methyl sites for hydroxylation is 2. The number of carbonyl (C=O) groups excluding carboxylic acids is 1. The van der Waals surface area contributed by atoms with Gasteiger partial charge in [-0.05, 0) is 56.5 Å². The van der Waals surface area contributed by atoms with Crippen LogP contribution in [0.25, 0.3) is 0 Å². The summed E-state index contributed by atoms with van der Waals surface area (Å²) in [6.45, 7) is 4.47. The number of nitrogens with zero attached hydrogens (tertiary/aromatic N) is 1. The Bertz CT molecular complexity index is 951. The summed E-state index contributed by atoms with van der Waals surface area (Å²) in [4.78, 5) is 12.9. The van der Waals surface area contributed by atoms with Crippen LogP contribution in [0.5, 0.6) is 0 Å². The van der Waals surface area contributed by atoms with Crippen LogP contribution in [0.4, 0.5) is 5.69 Å². The van der Waals surface area contributed by atoms with Crippen molar-refractivity contribution < 1.29 is 13.2 Å². The second-order valence-electron chi connectivity index (χ2n) is 6.95. The fourth-order valence-corrected chi connectivity index (χ4v) is 5.47. The molecule has 2 aromatic carbocycles. The molecule has 7 heteroatoms. The van der Waals surface area contributed by atoms with Crippen LogP contribution < -0.4 is 5.32 Å². The lowest BCUT2D eigenvalue weighted by atomic mass is 9.97. The van der Waals surface area contributed by atoms with E-state index >= 15 is 0 Å². The third-order valence-electron chi connectivity index (χ3n) is 4.87. The Labute approximate surface area is 169 Å². The van der Waals surface area contributed by atoms with E-state index in [1.807, 2.05) is 50.2 Å². The van der Waals surface area contributed by atoms with Gasteiger partial charge in [0.15, 0.2) is 0 Å². The van der Waals surface area contributed by atoms with E-state index in [4.69, 9.17) is 0 Å². The molecule has 5 nitrogen and oxygen atoms in total. The molecule has 0 aliphatic carbocycles. The number of rotatable bonds is 4. The quantitative estimate of drug-likeness (QED) is 0.761. The van der Waals surface area contributed by atoms with Crippen molar-refractivity contribution in [3.8, 4) is 0 Å². The normalized spacial score (nSPS) is 16.3. The van der Waals surface area contributed by atoms with Crippen molar-refractivity contribution in [2.24, 2.45) is 5.92 Å². The number of hydrogen-bond acceptors (Lipinski definition) is 3. The summed E-state index contributed by atoms with van der Waals surface area (Å²) in [5, 5.41) is 2.92.